The van der Waals surface area contributed by atoms with Gasteiger partial charge in [-0.25, -0.2) is 9.97 Å². The number of carbonyl (C=O) groups is 1. The van der Waals surface area contributed by atoms with Gasteiger partial charge in [0.25, 0.3) is 0 Å². The fourth-order valence-corrected chi connectivity index (χ4v) is 4.04. The molecule has 1 fully saturated rings. The van der Waals surface area contributed by atoms with Gasteiger partial charge in [0.05, 0.1) is 18.3 Å². The van der Waals surface area contributed by atoms with Crippen molar-refractivity contribution in [3.8, 4) is 0 Å². The Balaban J connectivity index is 1.51. The van der Waals surface area contributed by atoms with Crippen molar-refractivity contribution >= 4 is 11.9 Å². The van der Waals surface area contributed by atoms with Crippen LogP contribution in [0.15, 0.2) is 36.5 Å². The summed E-state index contributed by atoms with van der Waals surface area (Å²) >= 11 is 0. The van der Waals surface area contributed by atoms with Crippen LogP contribution in [0.4, 0.5) is 5.95 Å². The standard InChI is InChI=1S/C23H33N5O/c1-16(2)13-18-6-8-19(9-7-18)17(3)26-22(29)15-28-12-4-5-20(14-28)21-10-11-25-23(24)27-21/h6-11,16-17,20H,4-5,12-15H2,1-3H3,(H,26,29)(H2,24,25,27)/t17-,20-/m1/s1. The van der Waals surface area contributed by atoms with Gasteiger partial charge in [0, 0.05) is 18.7 Å². The molecular formula is C23H33N5O. The van der Waals surface area contributed by atoms with Gasteiger partial charge in [-0.15, -0.1) is 0 Å². The molecule has 2 atom stereocenters. The highest BCUT2D eigenvalue weighted by Crippen LogP contribution is 2.25. The van der Waals surface area contributed by atoms with Crippen LogP contribution in [0.5, 0.6) is 0 Å². The van der Waals surface area contributed by atoms with Crippen molar-refractivity contribution in [3.05, 3.63) is 53.3 Å². The van der Waals surface area contributed by atoms with E-state index < -0.39 is 0 Å². The minimum atomic E-state index is -0.00199. The second kappa shape index (κ2) is 9.83. The molecule has 0 spiro atoms. The summed E-state index contributed by atoms with van der Waals surface area (Å²) in [4.78, 5) is 23.1. The number of piperidine rings is 1. The predicted octanol–water partition coefficient (Wildman–Crippen LogP) is 3.31. The SMILES string of the molecule is CC(C)Cc1ccc([C@@H](C)NC(=O)CN2CCC[C@@H](c3ccnc(N)n3)C2)cc1. The second-order valence-electron chi connectivity index (χ2n) is 8.54. The summed E-state index contributed by atoms with van der Waals surface area (Å²) in [5, 5.41) is 3.14. The van der Waals surface area contributed by atoms with Gasteiger partial charge in [-0.1, -0.05) is 38.1 Å². The number of likely N-dealkylation sites (tertiary alicyclic amines) is 1. The van der Waals surface area contributed by atoms with Crippen LogP contribution in [0.3, 0.4) is 0 Å². The maximum atomic E-state index is 12.6. The molecule has 0 bridgehead atoms. The number of hydrogen-bond acceptors (Lipinski definition) is 5. The van der Waals surface area contributed by atoms with Crippen molar-refractivity contribution in [2.75, 3.05) is 25.4 Å². The normalized spacial score (nSPS) is 18.6. The molecule has 0 aliphatic carbocycles. The summed E-state index contributed by atoms with van der Waals surface area (Å²) < 4.78 is 0. The molecule has 1 aliphatic rings. The maximum Gasteiger partial charge on any atom is 0.234 e. The van der Waals surface area contributed by atoms with Gasteiger partial charge in [-0.2, -0.15) is 0 Å². The van der Waals surface area contributed by atoms with Gasteiger partial charge < -0.3 is 11.1 Å². The summed E-state index contributed by atoms with van der Waals surface area (Å²) in [6, 6.07) is 10.5. The third-order valence-electron chi connectivity index (χ3n) is 5.49. The van der Waals surface area contributed by atoms with E-state index in [2.05, 4.69) is 58.3 Å². The molecule has 3 N–H and O–H groups in total. The number of carbonyl (C=O) groups excluding carboxylic acids is 1. The van der Waals surface area contributed by atoms with E-state index in [0.717, 1.165) is 43.6 Å². The molecule has 6 nitrogen and oxygen atoms in total. The number of benzene rings is 1. The first-order chi connectivity index (χ1) is 13.9. The highest BCUT2D eigenvalue weighted by Gasteiger charge is 2.24. The summed E-state index contributed by atoms with van der Waals surface area (Å²) in [5.74, 6) is 1.31. The number of nitrogens with two attached hydrogens (primary N) is 1. The molecule has 1 aromatic heterocycles. The van der Waals surface area contributed by atoms with E-state index in [1.54, 1.807) is 6.20 Å². The molecule has 1 aromatic carbocycles. The van der Waals surface area contributed by atoms with Gasteiger partial charge in [0.15, 0.2) is 0 Å². The first-order valence-corrected chi connectivity index (χ1v) is 10.6. The Bertz CT molecular complexity index is 805. The molecule has 156 valence electrons. The van der Waals surface area contributed by atoms with Crippen molar-refractivity contribution in [2.45, 2.75) is 52.0 Å². The molecule has 0 radical (unpaired) electrons. The van der Waals surface area contributed by atoms with Crippen LogP contribution in [-0.4, -0.2) is 40.4 Å². The zero-order valence-electron chi connectivity index (χ0n) is 17.8. The number of amides is 1. The Morgan fingerprint density at radius 1 is 1.24 bits per heavy atom. The Labute approximate surface area is 173 Å². The van der Waals surface area contributed by atoms with E-state index in [9.17, 15) is 4.79 Å². The molecule has 1 aliphatic heterocycles. The molecule has 29 heavy (non-hydrogen) atoms. The number of hydrogen-bond donors (Lipinski definition) is 2. The minimum Gasteiger partial charge on any atom is -0.368 e. The van der Waals surface area contributed by atoms with Gasteiger partial charge in [-0.05, 0) is 55.8 Å². The smallest absolute Gasteiger partial charge is 0.234 e. The molecule has 3 rings (SSSR count). The van der Waals surface area contributed by atoms with Gasteiger partial charge >= 0.3 is 0 Å². The maximum absolute atomic E-state index is 12.6. The summed E-state index contributed by atoms with van der Waals surface area (Å²) in [6.45, 7) is 8.65. The van der Waals surface area contributed by atoms with Gasteiger partial charge in [-0.3, -0.25) is 9.69 Å². The van der Waals surface area contributed by atoms with Crippen molar-refractivity contribution in [2.24, 2.45) is 5.92 Å². The van der Waals surface area contributed by atoms with E-state index in [1.807, 2.05) is 13.0 Å². The number of aromatic nitrogens is 2. The van der Waals surface area contributed by atoms with Gasteiger partial charge in [0.2, 0.25) is 11.9 Å². The van der Waals surface area contributed by atoms with E-state index in [1.165, 1.54) is 5.56 Å². The van der Waals surface area contributed by atoms with Crippen LogP contribution < -0.4 is 11.1 Å². The Kier molecular flexibility index (Phi) is 7.20. The lowest BCUT2D eigenvalue weighted by molar-refractivity contribution is -0.123. The fourth-order valence-electron chi connectivity index (χ4n) is 4.04. The summed E-state index contributed by atoms with van der Waals surface area (Å²) in [7, 11) is 0. The molecule has 0 unspecified atom stereocenters. The number of nitrogens with one attached hydrogen (secondary N) is 1. The van der Waals surface area contributed by atoms with Crippen molar-refractivity contribution in [3.63, 3.8) is 0 Å². The Hall–Kier alpha value is -2.47. The molecular weight excluding hydrogens is 362 g/mol. The monoisotopic (exact) mass is 395 g/mol. The zero-order valence-corrected chi connectivity index (χ0v) is 17.8. The molecule has 1 amide bonds. The number of rotatable bonds is 7. The molecule has 6 heteroatoms. The van der Waals surface area contributed by atoms with Crippen molar-refractivity contribution in [1.82, 2.24) is 20.2 Å². The number of nitrogens with zero attached hydrogens (tertiary/aromatic N) is 3. The van der Waals surface area contributed by atoms with E-state index in [-0.39, 0.29) is 11.9 Å². The third kappa shape index (κ3) is 6.26. The number of nitrogen functional groups attached to an aromatic ring is 1. The van der Waals surface area contributed by atoms with Crippen LogP contribution in [0.1, 0.15) is 62.4 Å². The number of anilines is 1. The third-order valence-corrected chi connectivity index (χ3v) is 5.49. The lowest BCUT2D eigenvalue weighted by Gasteiger charge is -2.32. The van der Waals surface area contributed by atoms with Crippen LogP contribution in [0, 0.1) is 5.92 Å². The molecule has 1 saturated heterocycles. The zero-order chi connectivity index (χ0) is 20.8. The summed E-state index contributed by atoms with van der Waals surface area (Å²) in [5.41, 5.74) is 9.17. The molecule has 0 saturated carbocycles. The topological polar surface area (TPSA) is 84.1 Å². The average Bonchev–Trinajstić information content (AvgIpc) is 2.68. The quantitative estimate of drug-likeness (QED) is 0.751. The highest BCUT2D eigenvalue weighted by atomic mass is 16.2. The Morgan fingerprint density at radius 2 is 2.00 bits per heavy atom. The van der Waals surface area contributed by atoms with Crippen LogP contribution in [0.2, 0.25) is 0 Å². The minimum absolute atomic E-state index is 0.00199. The lowest BCUT2D eigenvalue weighted by atomic mass is 9.94. The second-order valence-corrected chi connectivity index (χ2v) is 8.54. The van der Waals surface area contributed by atoms with Crippen molar-refractivity contribution in [1.29, 1.82) is 0 Å². The first-order valence-electron chi connectivity index (χ1n) is 10.6. The van der Waals surface area contributed by atoms with Crippen LogP contribution in [-0.2, 0) is 11.2 Å². The molecule has 2 heterocycles. The highest BCUT2D eigenvalue weighted by molar-refractivity contribution is 5.78. The first kappa shape index (κ1) is 21.2. The fraction of sp³-hybridized carbons (Fsp3) is 0.522. The lowest BCUT2D eigenvalue weighted by Crippen LogP contribution is -2.42. The summed E-state index contributed by atoms with van der Waals surface area (Å²) in [6.07, 6.45) is 4.90. The van der Waals surface area contributed by atoms with Crippen LogP contribution >= 0.6 is 0 Å². The van der Waals surface area contributed by atoms with Crippen LogP contribution in [0.25, 0.3) is 0 Å². The molecule has 2 aromatic rings. The van der Waals surface area contributed by atoms with E-state index in [4.69, 9.17) is 5.73 Å². The van der Waals surface area contributed by atoms with E-state index >= 15 is 0 Å². The predicted molar refractivity (Wildman–Crippen MR) is 116 cm³/mol. The van der Waals surface area contributed by atoms with E-state index in [0.29, 0.717) is 24.3 Å². The van der Waals surface area contributed by atoms with Gasteiger partial charge in [0.1, 0.15) is 0 Å². The Morgan fingerprint density at radius 3 is 2.69 bits per heavy atom. The largest absolute Gasteiger partial charge is 0.368 e. The van der Waals surface area contributed by atoms with Crippen molar-refractivity contribution < 1.29 is 4.79 Å². The average molecular weight is 396 g/mol.